The molecular formula is C14H16ClFO3. The number of rotatable bonds is 4. The van der Waals surface area contributed by atoms with E-state index in [1.165, 1.54) is 12.1 Å². The van der Waals surface area contributed by atoms with Crippen molar-refractivity contribution in [2.45, 2.75) is 39.2 Å². The number of esters is 1. The molecule has 1 rings (SSSR count). The fraction of sp³-hybridized carbons (Fsp3) is 0.429. The molecule has 0 unspecified atom stereocenters. The van der Waals surface area contributed by atoms with Gasteiger partial charge in [0.05, 0.1) is 0 Å². The van der Waals surface area contributed by atoms with Crippen LogP contribution in [-0.4, -0.2) is 17.4 Å². The minimum Gasteiger partial charge on any atom is -0.460 e. The third kappa shape index (κ3) is 5.83. The number of carbonyl (C=O) groups is 2. The van der Waals surface area contributed by atoms with Crippen molar-refractivity contribution < 1.29 is 18.7 Å². The van der Waals surface area contributed by atoms with E-state index in [4.69, 9.17) is 16.3 Å². The van der Waals surface area contributed by atoms with Gasteiger partial charge in [-0.3, -0.25) is 9.59 Å². The third-order valence-electron chi connectivity index (χ3n) is 2.16. The van der Waals surface area contributed by atoms with E-state index >= 15 is 0 Å². The van der Waals surface area contributed by atoms with Gasteiger partial charge in [0.25, 0.3) is 0 Å². The van der Waals surface area contributed by atoms with Crippen LogP contribution in [0.3, 0.4) is 0 Å². The second-order valence-corrected chi connectivity index (χ2v) is 5.65. The lowest BCUT2D eigenvalue weighted by atomic mass is 10.1. The predicted molar refractivity (Wildman–Crippen MR) is 70.6 cm³/mol. The molecule has 0 aliphatic carbocycles. The van der Waals surface area contributed by atoms with Gasteiger partial charge in [0.2, 0.25) is 0 Å². The molecule has 0 radical (unpaired) electrons. The fourth-order valence-corrected chi connectivity index (χ4v) is 1.64. The molecule has 0 aromatic heterocycles. The summed E-state index contributed by atoms with van der Waals surface area (Å²) in [5.74, 6) is -1.55. The molecule has 3 nitrogen and oxygen atoms in total. The number of halogens is 2. The van der Waals surface area contributed by atoms with Gasteiger partial charge in [-0.1, -0.05) is 17.7 Å². The lowest BCUT2D eigenvalue weighted by molar-refractivity contribution is -0.156. The lowest BCUT2D eigenvalue weighted by Crippen LogP contribution is -2.25. The van der Waals surface area contributed by atoms with E-state index < -0.39 is 23.2 Å². The van der Waals surface area contributed by atoms with Crippen LogP contribution in [0.5, 0.6) is 0 Å². The molecule has 0 heterocycles. The van der Waals surface area contributed by atoms with Crippen molar-refractivity contribution in [2.75, 3.05) is 0 Å². The number of ketones is 1. The zero-order valence-corrected chi connectivity index (χ0v) is 11.9. The SMILES string of the molecule is CC(C)(C)OC(=O)CC(=O)Cc1ccc(Cl)cc1F. The summed E-state index contributed by atoms with van der Waals surface area (Å²) in [6, 6.07) is 4.07. The summed E-state index contributed by atoms with van der Waals surface area (Å²) >= 11 is 5.61. The van der Waals surface area contributed by atoms with Crippen LogP contribution < -0.4 is 0 Å². The highest BCUT2D eigenvalue weighted by atomic mass is 35.5. The minimum absolute atomic E-state index is 0.151. The number of carbonyl (C=O) groups excluding carboxylic acids is 2. The van der Waals surface area contributed by atoms with E-state index in [0.29, 0.717) is 0 Å². The number of Topliss-reactive ketones (excluding diaryl/α,β-unsaturated/α-hetero) is 1. The Morgan fingerprint density at radius 3 is 2.47 bits per heavy atom. The summed E-state index contributed by atoms with van der Waals surface area (Å²) in [4.78, 5) is 23.1. The second kappa shape index (κ2) is 6.15. The Kier molecular flexibility index (Phi) is 5.06. The van der Waals surface area contributed by atoms with Crippen molar-refractivity contribution in [3.05, 3.63) is 34.6 Å². The average molecular weight is 287 g/mol. The maximum atomic E-state index is 13.5. The Morgan fingerprint density at radius 1 is 1.32 bits per heavy atom. The molecule has 0 saturated heterocycles. The Balaban J connectivity index is 2.58. The maximum absolute atomic E-state index is 13.5. The summed E-state index contributed by atoms with van der Waals surface area (Å²) in [5, 5.41) is 0.265. The summed E-state index contributed by atoms with van der Waals surface area (Å²) in [5.41, 5.74) is -0.416. The summed E-state index contributed by atoms with van der Waals surface area (Å²) < 4.78 is 18.5. The van der Waals surface area contributed by atoms with E-state index in [-0.39, 0.29) is 23.4 Å². The van der Waals surface area contributed by atoms with Crippen molar-refractivity contribution >= 4 is 23.4 Å². The zero-order valence-electron chi connectivity index (χ0n) is 11.1. The van der Waals surface area contributed by atoms with E-state index in [1.54, 1.807) is 20.8 Å². The predicted octanol–water partition coefficient (Wildman–Crippen LogP) is 3.32. The van der Waals surface area contributed by atoms with Crippen molar-refractivity contribution in [2.24, 2.45) is 0 Å². The monoisotopic (exact) mass is 286 g/mol. The zero-order chi connectivity index (χ0) is 14.6. The Hall–Kier alpha value is -1.42. The van der Waals surface area contributed by atoms with Gasteiger partial charge in [0.15, 0.2) is 0 Å². The molecule has 0 amide bonds. The van der Waals surface area contributed by atoms with Gasteiger partial charge >= 0.3 is 5.97 Å². The van der Waals surface area contributed by atoms with Crippen molar-refractivity contribution in [3.8, 4) is 0 Å². The minimum atomic E-state index is -0.636. The molecule has 0 N–H and O–H groups in total. The van der Waals surface area contributed by atoms with Gasteiger partial charge in [0.1, 0.15) is 23.6 Å². The molecule has 0 saturated carbocycles. The normalized spacial score (nSPS) is 11.2. The van der Waals surface area contributed by atoms with Crippen LogP contribution in [0.4, 0.5) is 4.39 Å². The molecule has 0 aliphatic rings. The number of hydrogen-bond donors (Lipinski definition) is 0. The van der Waals surface area contributed by atoms with Gasteiger partial charge in [0, 0.05) is 11.4 Å². The van der Waals surface area contributed by atoms with Crippen LogP contribution in [0, 0.1) is 5.82 Å². The number of ether oxygens (including phenoxy) is 1. The Morgan fingerprint density at radius 2 is 1.95 bits per heavy atom. The van der Waals surface area contributed by atoms with Crippen LogP contribution in [0.2, 0.25) is 5.02 Å². The molecule has 0 aliphatic heterocycles. The highest BCUT2D eigenvalue weighted by Gasteiger charge is 2.19. The van der Waals surface area contributed by atoms with Crippen molar-refractivity contribution in [3.63, 3.8) is 0 Å². The van der Waals surface area contributed by atoms with Crippen LogP contribution in [0.25, 0.3) is 0 Å². The van der Waals surface area contributed by atoms with Crippen LogP contribution in [-0.2, 0) is 20.7 Å². The molecular weight excluding hydrogens is 271 g/mol. The Bertz CT molecular complexity index is 492. The first-order valence-corrected chi connectivity index (χ1v) is 6.22. The molecule has 0 fully saturated rings. The van der Waals surface area contributed by atoms with Gasteiger partial charge in [-0.15, -0.1) is 0 Å². The number of benzene rings is 1. The third-order valence-corrected chi connectivity index (χ3v) is 2.40. The standard InChI is InChI=1S/C14H16ClFO3/c1-14(2,3)19-13(18)8-11(17)6-9-4-5-10(15)7-12(9)16/h4-5,7H,6,8H2,1-3H3. The fourth-order valence-electron chi connectivity index (χ4n) is 1.48. The number of hydrogen-bond acceptors (Lipinski definition) is 3. The first-order valence-electron chi connectivity index (χ1n) is 5.85. The first-order chi connectivity index (χ1) is 8.67. The van der Waals surface area contributed by atoms with Gasteiger partial charge in [-0.05, 0) is 38.5 Å². The van der Waals surface area contributed by atoms with E-state index in [1.807, 2.05) is 0 Å². The molecule has 0 spiro atoms. The second-order valence-electron chi connectivity index (χ2n) is 5.21. The summed E-state index contributed by atoms with van der Waals surface area (Å²) in [6.45, 7) is 5.15. The topological polar surface area (TPSA) is 43.4 Å². The van der Waals surface area contributed by atoms with Gasteiger partial charge in [-0.2, -0.15) is 0 Å². The average Bonchev–Trinajstić information content (AvgIpc) is 2.19. The smallest absolute Gasteiger partial charge is 0.313 e. The molecule has 19 heavy (non-hydrogen) atoms. The van der Waals surface area contributed by atoms with Crippen LogP contribution in [0.15, 0.2) is 18.2 Å². The van der Waals surface area contributed by atoms with Crippen molar-refractivity contribution in [1.82, 2.24) is 0 Å². The molecule has 0 bridgehead atoms. The molecule has 1 aromatic rings. The Labute approximate surface area is 116 Å². The van der Waals surface area contributed by atoms with Crippen LogP contribution in [0.1, 0.15) is 32.8 Å². The molecule has 5 heteroatoms. The largest absolute Gasteiger partial charge is 0.460 e. The van der Waals surface area contributed by atoms with E-state index in [9.17, 15) is 14.0 Å². The summed E-state index contributed by atoms with van der Waals surface area (Å²) in [6.07, 6.45) is -0.512. The van der Waals surface area contributed by atoms with Crippen molar-refractivity contribution in [1.29, 1.82) is 0 Å². The maximum Gasteiger partial charge on any atom is 0.313 e. The molecule has 104 valence electrons. The molecule has 0 atom stereocenters. The lowest BCUT2D eigenvalue weighted by Gasteiger charge is -2.19. The van der Waals surface area contributed by atoms with E-state index in [2.05, 4.69) is 0 Å². The quantitative estimate of drug-likeness (QED) is 0.630. The van der Waals surface area contributed by atoms with Gasteiger partial charge in [-0.25, -0.2) is 4.39 Å². The highest BCUT2D eigenvalue weighted by Crippen LogP contribution is 2.16. The van der Waals surface area contributed by atoms with Gasteiger partial charge < -0.3 is 4.74 Å². The summed E-state index contributed by atoms with van der Waals surface area (Å²) in [7, 11) is 0. The van der Waals surface area contributed by atoms with E-state index in [0.717, 1.165) is 6.07 Å². The first kappa shape index (κ1) is 15.6. The molecule has 1 aromatic carbocycles. The van der Waals surface area contributed by atoms with Crippen LogP contribution >= 0.6 is 11.6 Å². The highest BCUT2D eigenvalue weighted by molar-refractivity contribution is 6.30.